The van der Waals surface area contributed by atoms with Crippen molar-refractivity contribution in [1.29, 1.82) is 0 Å². The normalized spacial score (nSPS) is 12.0. The van der Waals surface area contributed by atoms with Gasteiger partial charge in [0.2, 0.25) is 5.76 Å². The van der Waals surface area contributed by atoms with Gasteiger partial charge in [-0.1, -0.05) is 12.1 Å². The summed E-state index contributed by atoms with van der Waals surface area (Å²) in [6, 6.07) is 11.4. The van der Waals surface area contributed by atoms with Crippen LogP contribution in [0.15, 0.2) is 40.8 Å². The molecule has 5 heteroatoms. The van der Waals surface area contributed by atoms with E-state index in [0.717, 1.165) is 11.3 Å². The van der Waals surface area contributed by atoms with Crippen LogP contribution in [0, 0.1) is 0 Å². The van der Waals surface area contributed by atoms with E-state index in [1.807, 2.05) is 24.3 Å². The zero-order valence-electron chi connectivity index (χ0n) is 12.4. The standard InChI is InChI=1S/C16H19NO4/c1-11(12-5-4-6-13(9-12)19-2)17-10-14-7-8-15(21-14)16(18)20-3/h4-9,11,17H,10H2,1-3H3/t11-/m0/s1. The van der Waals surface area contributed by atoms with Gasteiger partial charge >= 0.3 is 5.97 Å². The highest BCUT2D eigenvalue weighted by Crippen LogP contribution is 2.19. The Kier molecular flexibility index (Phi) is 5.00. The Labute approximate surface area is 123 Å². The lowest BCUT2D eigenvalue weighted by atomic mass is 10.1. The molecular weight excluding hydrogens is 270 g/mol. The van der Waals surface area contributed by atoms with Gasteiger partial charge in [-0.3, -0.25) is 0 Å². The molecule has 5 nitrogen and oxygen atoms in total. The molecule has 1 aromatic carbocycles. The number of methoxy groups -OCH3 is 2. The lowest BCUT2D eigenvalue weighted by Crippen LogP contribution is -2.17. The second-order valence-corrected chi connectivity index (χ2v) is 4.64. The third-order valence-corrected chi connectivity index (χ3v) is 3.22. The van der Waals surface area contributed by atoms with Crippen molar-refractivity contribution in [1.82, 2.24) is 5.32 Å². The third kappa shape index (κ3) is 3.86. The van der Waals surface area contributed by atoms with Crippen molar-refractivity contribution in [2.24, 2.45) is 0 Å². The summed E-state index contributed by atoms with van der Waals surface area (Å²) in [5, 5.41) is 3.34. The summed E-state index contributed by atoms with van der Waals surface area (Å²) in [6.45, 7) is 2.58. The maximum atomic E-state index is 11.3. The number of ether oxygens (including phenoxy) is 2. The van der Waals surface area contributed by atoms with Gasteiger partial charge in [0.05, 0.1) is 20.8 Å². The van der Waals surface area contributed by atoms with E-state index in [4.69, 9.17) is 9.15 Å². The van der Waals surface area contributed by atoms with Crippen LogP contribution in [0.2, 0.25) is 0 Å². The first-order valence-corrected chi connectivity index (χ1v) is 6.68. The molecule has 0 saturated carbocycles. The Morgan fingerprint density at radius 3 is 2.81 bits per heavy atom. The minimum absolute atomic E-state index is 0.131. The van der Waals surface area contributed by atoms with Crippen LogP contribution in [0.4, 0.5) is 0 Å². The van der Waals surface area contributed by atoms with E-state index >= 15 is 0 Å². The topological polar surface area (TPSA) is 60.7 Å². The molecular formula is C16H19NO4. The summed E-state index contributed by atoms with van der Waals surface area (Å²) in [4.78, 5) is 11.3. The van der Waals surface area contributed by atoms with Gasteiger partial charge in [0.1, 0.15) is 11.5 Å². The number of benzene rings is 1. The molecule has 112 valence electrons. The second-order valence-electron chi connectivity index (χ2n) is 4.64. The maximum absolute atomic E-state index is 11.3. The molecule has 0 aliphatic carbocycles. The fraction of sp³-hybridized carbons (Fsp3) is 0.312. The predicted molar refractivity (Wildman–Crippen MR) is 78.3 cm³/mol. The Morgan fingerprint density at radius 1 is 1.29 bits per heavy atom. The van der Waals surface area contributed by atoms with Gasteiger partial charge in [-0.05, 0) is 36.8 Å². The first kappa shape index (κ1) is 15.1. The van der Waals surface area contributed by atoms with E-state index in [9.17, 15) is 4.79 Å². The maximum Gasteiger partial charge on any atom is 0.373 e. The Morgan fingerprint density at radius 2 is 2.10 bits per heavy atom. The molecule has 0 amide bonds. The van der Waals surface area contributed by atoms with Crippen LogP contribution in [-0.4, -0.2) is 20.2 Å². The van der Waals surface area contributed by atoms with E-state index in [-0.39, 0.29) is 11.8 Å². The molecule has 1 aromatic heterocycles. The van der Waals surface area contributed by atoms with Crippen LogP contribution in [-0.2, 0) is 11.3 Å². The fourth-order valence-electron chi connectivity index (χ4n) is 1.97. The van der Waals surface area contributed by atoms with Crippen molar-refractivity contribution >= 4 is 5.97 Å². The number of esters is 1. The molecule has 21 heavy (non-hydrogen) atoms. The molecule has 0 spiro atoms. The average molecular weight is 289 g/mol. The molecule has 0 fully saturated rings. The van der Waals surface area contributed by atoms with E-state index < -0.39 is 5.97 Å². The number of furan rings is 1. The predicted octanol–water partition coefficient (Wildman–Crippen LogP) is 2.93. The lowest BCUT2D eigenvalue weighted by Gasteiger charge is -2.14. The Hall–Kier alpha value is -2.27. The molecule has 1 heterocycles. The zero-order chi connectivity index (χ0) is 15.2. The third-order valence-electron chi connectivity index (χ3n) is 3.22. The number of hydrogen-bond acceptors (Lipinski definition) is 5. The van der Waals surface area contributed by atoms with E-state index in [1.54, 1.807) is 19.2 Å². The number of carbonyl (C=O) groups excluding carboxylic acids is 1. The van der Waals surface area contributed by atoms with Crippen LogP contribution in [0.3, 0.4) is 0 Å². The van der Waals surface area contributed by atoms with Gasteiger partial charge in [0, 0.05) is 6.04 Å². The van der Waals surface area contributed by atoms with Gasteiger partial charge in [-0.25, -0.2) is 4.79 Å². The van der Waals surface area contributed by atoms with Crippen molar-refractivity contribution in [2.75, 3.05) is 14.2 Å². The summed E-state index contributed by atoms with van der Waals surface area (Å²) in [7, 11) is 2.97. The number of carbonyl (C=O) groups is 1. The number of rotatable bonds is 6. The Balaban J connectivity index is 1.95. The van der Waals surface area contributed by atoms with E-state index in [2.05, 4.69) is 17.0 Å². The number of nitrogens with one attached hydrogen (secondary N) is 1. The second kappa shape index (κ2) is 6.95. The van der Waals surface area contributed by atoms with Crippen LogP contribution in [0.1, 0.15) is 34.8 Å². The van der Waals surface area contributed by atoms with Gasteiger partial charge in [0.15, 0.2) is 0 Å². The zero-order valence-corrected chi connectivity index (χ0v) is 12.4. The summed E-state index contributed by atoms with van der Waals surface area (Å²) in [5.74, 6) is 1.25. The molecule has 0 aliphatic heterocycles. The van der Waals surface area contributed by atoms with Crippen molar-refractivity contribution in [3.05, 3.63) is 53.5 Å². The summed E-state index contributed by atoms with van der Waals surface area (Å²) in [5.41, 5.74) is 1.12. The summed E-state index contributed by atoms with van der Waals surface area (Å²) < 4.78 is 15.2. The van der Waals surface area contributed by atoms with Crippen molar-refractivity contribution in [3.63, 3.8) is 0 Å². The van der Waals surface area contributed by atoms with Gasteiger partial charge < -0.3 is 19.2 Å². The first-order valence-electron chi connectivity index (χ1n) is 6.68. The quantitative estimate of drug-likeness (QED) is 0.828. The smallest absolute Gasteiger partial charge is 0.373 e. The highest BCUT2D eigenvalue weighted by Gasteiger charge is 2.12. The van der Waals surface area contributed by atoms with Crippen LogP contribution in [0.25, 0.3) is 0 Å². The Bertz CT molecular complexity index is 606. The average Bonchev–Trinajstić information content (AvgIpc) is 3.00. The molecule has 0 saturated heterocycles. The fourth-order valence-corrected chi connectivity index (χ4v) is 1.97. The SMILES string of the molecule is COC(=O)c1ccc(CN[C@@H](C)c2cccc(OC)c2)o1. The van der Waals surface area contributed by atoms with Crippen LogP contribution < -0.4 is 10.1 Å². The van der Waals surface area contributed by atoms with Crippen molar-refractivity contribution in [3.8, 4) is 5.75 Å². The highest BCUT2D eigenvalue weighted by molar-refractivity contribution is 5.86. The first-order chi connectivity index (χ1) is 10.1. The molecule has 2 rings (SSSR count). The van der Waals surface area contributed by atoms with Gasteiger partial charge in [-0.2, -0.15) is 0 Å². The minimum atomic E-state index is -0.470. The minimum Gasteiger partial charge on any atom is -0.497 e. The van der Waals surface area contributed by atoms with Gasteiger partial charge in [0.25, 0.3) is 0 Å². The largest absolute Gasteiger partial charge is 0.497 e. The van der Waals surface area contributed by atoms with Crippen molar-refractivity contribution in [2.45, 2.75) is 19.5 Å². The lowest BCUT2D eigenvalue weighted by molar-refractivity contribution is 0.0563. The molecule has 0 bridgehead atoms. The molecule has 0 unspecified atom stereocenters. The number of hydrogen-bond donors (Lipinski definition) is 1. The van der Waals surface area contributed by atoms with Crippen LogP contribution >= 0.6 is 0 Å². The van der Waals surface area contributed by atoms with E-state index in [1.165, 1.54) is 7.11 Å². The molecule has 0 radical (unpaired) electrons. The molecule has 0 aliphatic rings. The van der Waals surface area contributed by atoms with Gasteiger partial charge in [-0.15, -0.1) is 0 Å². The van der Waals surface area contributed by atoms with Crippen molar-refractivity contribution < 1.29 is 18.7 Å². The van der Waals surface area contributed by atoms with Crippen LogP contribution in [0.5, 0.6) is 5.75 Å². The molecule has 1 atom stereocenters. The molecule has 1 N–H and O–H groups in total. The summed E-state index contributed by atoms with van der Waals surface area (Å²) >= 11 is 0. The monoisotopic (exact) mass is 289 g/mol. The molecule has 2 aromatic rings. The summed E-state index contributed by atoms with van der Waals surface area (Å²) in [6.07, 6.45) is 0. The highest BCUT2D eigenvalue weighted by atomic mass is 16.5. The van der Waals surface area contributed by atoms with E-state index in [0.29, 0.717) is 12.3 Å².